The first kappa shape index (κ1) is 14.2. The summed E-state index contributed by atoms with van der Waals surface area (Å²) in [6, 6.07) is 3.95. The van der Waals surface area contributed by atoms with Gasteiger partial charge in [-0.05, 0) is 45.1 Å². The first-order valence-electron chi connectivity index (χ1n) is 5.42. The van der Waals surface area contributed by atoms with Crippen molar-refractivity contribution in [1.82, 2.24) is 0 Å². The molecule has 0 N–H and O–H groups in total. The molecule has 0 saturated carbocycles. The van der Waals surface area contributed by atoms with E-state index in [0.29, 0.717) is 13.0 Å². The van der Waals surface area contributed by atoms with Crippen molar-refractivity contribution in [2.45, 2.75) is 25.9 Å². The Bertz CT molecular complexity index is 390. The predicted octanol–water partition coefficient (Wildman–Crippen LogP) is 3.30. The number of carbonyl (C=O) groups is 1. The average molecular weight is 301 g/mol. The fraction of sp³-hybridized carbons (Fsp3) is 0.462. The standard InChI is InChI=1S/C13H17BrO3/c1-9(4-5-15)11-7-12(14)13(17-3)6-10(11)8-16-2/h5-7,9H,4,8H2,1-3H3. The highest BCUT2D eigenvalue weighted by atomic mass is 79.9. The lowest BCUT2D eigenvalue weighted by Gasteiger charge is -2.16. The summed E-state index contributed by atoms with van der Waals surface area (Å²) < 4.78 is 11.3. The fourth-order valence-corrected chi connectivity index (χ4v) is 2.30. The van der Waals surface area contributed by atoms with E-state index in [1.807, 2.05) is 19.1 Å². The Balaban J connectivity index is 3.16. The van der Waals surface area contributed by atoms with Crippen LogP contribution in [-0.2, 0) is 16.1 Å². The molecule has 0 heterocycles. The van der Waals surface area contributed by atoms with Crippen molar-refractivity contribution in [3.05, 3.63) is 27.7 Å². The molecule has 4 heteroatoms. The van der Waals surface area contributed by atoms with Crippen molar-refractivity contribution in [2.75, 3.05) is 14.2 Å². The van der Waals surface area contributed by atoms with E-state index in [1.165, 1.54) is 0 Å². The van der Waals surface area contributed by atoms with E-state index >= 15 is 0 Å². The monoisotopic (exact) mass is 300 g/mol. The average Bonchev–Trinajstić information content (AvgIpc) is 2.31. The number of hydrogen-bond donors (Lipinski definition) is 0. The molecule has 0 amide bonds. The van der Waals surface area contributed by atoms with Gasteiger partial charge in [-0.3, -0.25) is 0 Å². The number of ether oxygens (including phenoxy) is 2. The minimum absolute atomic E-state index is 0.180. The van der Waals surface area contributed by atoms with Crippen molar-refractivity contribution in [3.63, 3.8) is 0 Å². The molecule has 94 valence electrons. The van der Waals surface area contributed by atoms with Gasteiger partial charge < -0.3 is 14.3 Å². The van der Waals surface area contributed by atoms with Gasteiger partial charge in [-0.1, -0.05) is 6.92 Å². The van der Waals surface area contributed by atoms with E-state index in [1.54, 1.807) is 14.2 Å². The molecule has 1 atom stereocenters. The van der Waals surface area contributed by atoms with E-state index < -0.39 is 0 Å². The van der Waals surface area contributed by atoms with Crippen LogP contribution in [0.2, 0.25) is 0 Å². The van der Waals surface area contributed by atoms with E-state index in [4.69, 9.17) is 9.47 Å². The lowest BCUT2D eigenvalue weighted by molar-refractivity contribution is -0.108. The van der Waals surface area contributed by atoms with Crippen molar-refractivity contribution >= 4 is 22.2 Å². The zero-order valence-corrected chi connectivity index (χ0v) is 11.9. The van der Waals surface area contributed by atoms with Crippen LogP contribution >= 0.6 is 15.9 Å². The SMILES string of the molecule is COCc1cc(OC)c(Br)cc1C(C)CC=O. The number of rotatable bonds is 6. The zero-order valence-electron chi connectivity index (χ0n) is 10.3. The number of carbonyl (C=O) groups excluding carboxylic acids is 1. The maximum absolute atomic E-state index is 10.6. The van der Waals surface area contributed by atoms with Crippen molar-refractivity contribution in [2.24, 2.45) is 0 Å². The van der Waals surface area contributed by atoms with Gasteiger partial charge in [-0.2, -0.15) is 0 Å². The molecule has 0 bridgehead atoms. The maximum atomic E-state index is 10.6. The van der Waals surface area contributed by atoms with Gasteiger partial charge in [0.25, 0.3) is 0 Å². The largest absolute Gasteiger partial charge is 0.496 e. The van der Waals surface area contributed by atoms with E-state index in [2.05, 4.69) is 15.9 Å². The summed E-state index contributed by atoms with van der Waals surface area (Å²) in [7, 11) is 3.29. The summed E-state index contributed by atoms with van der Waals surface area (Å²) in [6.45, 7) is 2.55. The van der Waals surface area contributed by atoms with Gasteiger partial charge in [0.15, 0.2) is 0 Å². The fourth-order valence-electron chi connectivity index (χ4n) is 1.78. The Morgan fingerprint density at radius 1 is 1.41 bits per heavy atom. The molecule has 0 fully saturated rings. The Kier molecular flexibility index (Phi) is 5.65. The molecular formula is C13H17BrO3. The number of halogens is 1. The number of hydrogen-bond acceptors (Lipinski definition) is 3. The van der Waals surface area contributed by atoms with E-state index in [9.17, 15) is 4.79 Å². The minimum atomic E-state index is 0.180. The molecule has 1 rings (SSSR count). The minimum Gasteiger partial charge on any atom is -0.496 e. The van der Waals surface area contributed by atoms with Gasteiger partial charge in [-0.25, -0.2) is 0 Å². The molecule has 1 aromatic rings. The molecule has 0 aliphatic rings. The molecule has 0 spiro atoms. The van der Waals surface area contributed by atoms with Crippen LogP contribution in [0, 0.1) is 0 Å². The second kappa shape index (κ2) is 6.77. The van der Waals surface area contributed by atoms with Crippen LogP contribution < -0.4 is 4.74 Å². The molecule has 1 aromatic carbocycles. The summed E-state index contributed by atoms with van der Waals surface area (Å²) in [5, 5.41) is 0. The normalized spacial score (nSPS) is 12.2. The molecular weight excluding hydrogens is 284 g/mol. The lowest BCUT2D eigenvalue weighted by Crippen LogP contribution is -2.03. The Morgan fingerprint density at radius 2 is 2.12 bits per heavy atom. The van der Waals surface area contributed by atoms with Crippen molar-refractivity contribution < 1.29 is 14.3 Å². The Morgan fingerprint density at radius 3 is 2.65 bits per heavy atom. The van der Waals surface area contributed by atoms with Crippen molar-refractivity contribution in [3.8, 4) is 5.75 Å². The van der Waals surface area contributed by atoms with Gasteiger partial charge in [-0.15, -0.1) is 0 Å². The second-order valence-corrected chi connectivity index (χ2v) is 4.78. The summed E-state index contributed by atoms with van der Waals surface area (Å²) in [5.41, 5.74) is 2.17. The lowest BCUT2D eigenvalue weighted by atomic mass is 9.93. The highest BCUT2D eigenvalue weighted by molar-refractivity contribution is 9.10. The van der Waals surface area contributed by atoms with Gasteiger partial charge in [0.1, 0.15) is 12.0 Å². The number of methoxy groups -OCH3 is 2. The first-order chi connectivity index (χ1) is 8.13. The summed E-state index contributed by atoms with van der Waals surface area (Å²) in [5.74, 6) is 0.957. The molecule has 1 unspecified atom stereocenters. The molecule has 0 aliphatic carbocycles. The third kappa shape index (κ3) is 3.54. The molecule has 0 saturated heterocycles. The van der Waals surface area contributed by atoms with Gasteiger partial charge in [0.05, 0.1) is 18.2 Å². The summed E-state index contributed by atoms with van der Waals surface area (Å²) in [4.78, 5) is 10.6. The van der Waals surface area contributed by atoms with Crippen LogP contribution in [0.25, 0.3) is 0 Å². The molecule has 0 aliphatic heterocycles. The molecule has 3 nitrogen and oxygen atoms in total. The summed E-state index contributed by atoms with van der Waals surface area (Å²) >= 11 is 3.46. The van der Waals surface area contributed by atoms with Gasteiger partial charge in [0, 0.05) is 13.5 Å². The summed E-state index contributed by atoms with van der Waals surface area (Å²) in [6.07, 6.45) is 1.45. The topological polar surface area (TPSA) is 35.5 Å². The van der Waals surface area contributed by atoms with Gasteiger partial charge >= 0.3 is 0 Å². The van der Waals surface area contributed by atoms with Crippen LogP contribution in [0.15, 0.2) is 16.6 Å². The van der Waals surface area contributed by atoms with Crippen LogP contribution in [0.4, 0.5) is 0 Å². The van der Waals surface area contributed by atoms with Crippen molar-refractivity contribution in [1.29, 1.82) is 0 Å². The van der Waals surface area contributed by atoms with Crippen LogP contribution in [0.1, 0.15) is 30.4 Å². The van der Waals surface area contributed by atoms with Crippen LogP contribution in [0.3, 0.4) is 0 Å². The highest BCUT2D eigenvalue weighted by Gasteiger charge is 2.14. The first-order valence-corrected chi connectivity index (χ1v) is 6.22. The molecule has 17 heavy (non-hydrogen) atoms. The van der Waals surface area contributed by atoms with Gasteiger partial charge in [0.2, 0.25) is 0 Å². The van der Waals surface area contributed by atoms with Crippen LogP contribution in [0.5, 0.6) is 5.75 Å². The van der Waals surface area contributed by atoms with E-state index in [-0.39, 0.29) is 5.92 Å². The van der Waals surface area contributed by atoms with Crippen LogP contribution in [-0.4, -0.2) is 20.5 Å². The zero-order chi connectivity index (χ0) is 12.8. The third-order valence-corrected chi connectivity index (χ3v) is 3.31. The second-order valence-electron chi connectivity index (χ2n) is 3.92. The third-order valence-electron chi connectivity index (χ3n) is 2.69. The smallest absolute Gasteiger partial charge is 0.133 e. The predicted molar refractivity (Wildman–Crippen MR) is 70.5 cm³/mol. The van der Waals surface area contributed by atoms with E-state index in [0.717, 1.165) is 27.6 Å². The highest BCUT2D eigenvalue weighted by Crippen LogP contribution is 2.33. The quantitative estimate of drug-likeness (QED) is 0.756. The number of aldehydes is 1. The molecule has 0 aromatic heterocycles. The molecule has 0 radical (unpaired) electrons. The Labute approximate surface area is 110 Å². The Hall–Kier alpha value is -0.870. The number of benzene rings is 1. The maximum Gasteiger partial charge on any atom is 0.133 e.